The molecule has 0 bridgehead atoms. The molecule has 1 aromatic carbocycles. The molecule has 1 saturated carbocycles. The fraction of sp³-hybridized carbons (Fsp3) is 0.438. The van der Waals surface area contributed by atoms with Crippen LogP contribution in [0.5, 0.6) is 0 Å². The monoisotopic (exact) mass is 646 g/mol. The minimum Gasteiger partial charge on any atom is -0.406 e. The van der Waals surface area contributed by atoms with Crippen molar-refractivity contribution >= 4 is 31.4 Å². The van der Waals surface area contributed by atoms with Crippen LogP contribution in [0, 0.1) is 5.82 Å². The van der Waals surface area contributed by atoms with E-state index in [0.29, 0.717) is 17.7 Å². The van der Waals surface area contributed by atoms with Crippen LogP contribution < -0.4 is 0 Å². The lowest BCUT2D eigenvalue weighted by Gasteiger charge is -2.39. The fourth-order valence-corrected chi connectivity index (χ4v) is 8.12. The Kier molecular flexibility index (Phi) is 7.10. The Morgan fingerprint density at radius 3 is 2.67 bits per heavy atom. The van der Waals surface area contributed by atoms with E-state index < -0.39 is 14.1 Å². The normalized spacial score (nSPS) is 21.2. The summed E-state index contributed by atoms with van der Waals surface area (Å²) in [4.78, 5) is 28.5. The van der Waals surface area contributed by atoms with E-state index in [1.54, 1.807) is 6.07 Å². The van der Waals surface area contributed by atoms with Gasteiger partial charge in [0.25, 0.3) is 0 Å². The Balaban J connectivity index is 1.14. The van der Waals surface area contributed by atoms with Crippen molar-refractivity contribution in [3.8, 4) is 16.9 Å². The molecule has 2 fully saturated rings. The van der Waals surface area contributed by atoms with Gasteiger partial charge < -0.3 is 14.3 Å². The van der Waals surface area contributed by atoms with Crippen molar-refractivity contribution in [3.63, 3.8) is 0 Å². The van der Waals surface area contributed by atoms with Gasteiger partial charge >= 0.3 is 0 Å². The number of hydrogen-bond acceptors (Lipinski definition) is 7. The zero-order valence-electron chi connectivity index (χ0n) is 26.0. The van der Waals surface area contributed by atoms with Crippen LogP contribution in [0.3, 0.4) is 0 Å². The van der Waals surface area contributed by atoms with Gasteiger partial charge in [0.1, 0.15) is 12.2 Å². The number of amides is 1. The molecule has 5 heterocycles. The molecule has 1 amide bonds. The number of imidazole rings is 1. The van der Waals surface area contributed by atoms with Crippen molar-refractivity contribution in [3.05, 3.63) is 77.0 Å². The van der Waals surface area contributed by atoms with Gasteiger partial charge in [-0.15, -0.1) is 5.10 Å². The highest BCUT2D eigenvalue weighted by Gasteiger charge is 2.53. The number of pyridine rings is 1. The Labute approximate surface area is 267 Å². The van der Waals surface area contributed by atoms with E-state index in [4.69, 9.17) is 26.0 Å². The van der Waals surface area contributed by atoms with Crippen LogP contribution in [-0.2, 0) is 14.8 Å². The third-order valence-electron chi connectivity index (χ3n) is 9.91. The van der Waals surface area contributed by atoms with Crippen molar-refractivity contribution in [2.45, 2.75) is 88.7 Å². The molecule has 234 valence electrons. The third kappa shape index (κ3) is 5.22. The van der Waals surface area contributed by atoms with Gasteiger partial charge in [-0.25, -0.2) is 9.37 Å². The van der Waals surface area contributed by atoms with Crippen LogP contribution in [-0.4, -0.2) is 60.3 Å². The molecule has 1 aliphatic carbocycles. The zero-order chi connectivity index (χ0) is 31.7. The van der Waals surface area contributed by atoms with Gasteiger partial charge in [-0.1, -0.05) is 32.4 Å². The molecular formula is C32H36ClFN8O2Si. The predicted octanol–water partition coefficient (Wildman–Crippen LogP) is 6.77. The summed E-state index contributed by atoms with van der Waals surface area (Å²) in [6.45, 7) is 11.3. The first-order valence-electron chi connectivity index (χ1n) is 15.3. The number of tetrazole rings is 1. The maximum atomic E-state index is 15.4. The number of benzene rings is 1. The molecule has 3 aliphatic rings. The minimum absolute atomic E-state index is 0.0246. The number of aromatic amines is 1. The summed E-state index contributed by atoms with van der Waals surface area (Å²) in [6.07, 6.45) is 10.5. The standard InChI is InChI=1S/C32H36ClFN8O2Si/c1-31(2,3)45(4,5)44-32(11-12-32)26-15-19(10-13-35-26)23-17-36-30(38-23)25-8-6-21-14-20(16-27(43)42(21)25)28-24(41-18-37-39-40-41)9-7-22(33)29(28)34/h7,9-10,13,15-18,21,25H,6,8,11-12,14H2,1-5H3,(H,36,38)/t21-,25?/m1/s1. The molecule has 2 atom stereocenters. The number of fused-ring (bicyclic) bond motifs is 1. The smallest absolute Gasteiger partial charge is 0.247 e. The van der Waals surface area contributed by atoms with E-state index >= 15 is 4.39 Å². The Morgan fingerprint density at radius 2 is 1.96 bits per heavy atom. The average Bonchev–Trinajstić information content (AvgIpc) is 3.40. The Morgan fingerprint density at radius 1 is 1.16 bits per heavy atom. The van der Waals surface area contributed by atoms with Gasteiger partial charge in [0.05, 0.1) is 39.9 Å². The van der Waals surface area contributed by atoms with E-state index in [9.17, 15) is 4.79 Å². The summed E-state index contributed by atoms with van der Waals surface area (Å²) < 4.78 is 23.7. The molecule has 1 N–H and O–H groups in total. The summed E-state index contributed by atoms with van der Waals surface area (Å²) in [6, 6.07) is 6.89. The quantitative estimate of drug-likeness (QED) is 0.220. The number of aromatic nitrogens is 7. The van der Waals surface area contributed by atoms with Gasteiger partial charge in [0.2, 0.25) is 5.91 Å². The average molecular weight is 647 g/mol. The molecular weight excluding hydrogens is 611 g/mol. The number of carbonyl (C=O) groups excluding carboxylic acids is 1. The SMILES string of the molecule is CC(C)(C)[Si](C)(C)OC1(c2cc(-c3cnc(C4CC[C@@H]5CC(c6c(-n7cnnn7)ccc(Cl)c6F)=CC(=O)N45)[nH]3)ccn2)CC1. The fourth-order valence-electron chi connectivity index (χ4n) is 6.37. The Hall–Kier alpha value is -3.74. The summed E-state index contributed by atoms with van der Waals surface area (Å²) in [5.41, 5.74) is 3.73. The highest BCUT2D eigenvalue weighted by Crippen LogP contribution is 2.54. The lowest BCUT2D eigenvalue weighted by atomic mass is 9.92. The van der Waals surface area contributed by atoms with Crippen LogP contribution in [0.4, 0.5) is 4.39 Å². The van der Waals surface area contributed by atoms with Crippen molar-refractivity contribution in [1.29, 1.82) is 0 Å². The lowest BCUT2D eigenvalue weighted by Crippen LogP contribution is -2.44. The summed E-state index contributed by atoms with van der Waals surface area (Å²) in [7, 11) is -1.98. The second-order valence-corrected chi connectivity index (χ2v) is 19.0. The summed E-state index contributed by atoms with van der Waals surface area (Å²) in [5, 5.41) is 11.4. The first-order valence-corrected chi connectivity index (χ1v) is 18.6. The second kappa shape index (κ2) is 10.7. The van der Waals surface area contributed by atoms with Crippen LogP contribution in [0.25, 0.3) is 22.5 Å². The zero-order valence-corrected chi connectivity index (χ0v) is 27.8. The predicted molar refractivity (Wildman–Crippen MR) is 170 cm³/mol. The van der Waals surface area contributed by atoms with Crippen LogP contribution >= 0.6 is 11.6 Å². The first-order chi connectivity index (χ1) is 21.4. The van der Waals surface area contributed by atoms with Crippen molar-refractivity contribution in [1.82, 2.24) is 40.1 Å². The van der Waals surface area contributed by atoms with E-state index in [-0.39, 0.29) is 39.2 Å². The van der Waals surface area contributed by atoms with Gasteiger partial charge in [-0.3, -0.25) is 9.78 Å². The molecule has 0 radical (unpaired) electrons. The van der Waals surface area contributed by atoms with E-state index in [1.807, 2.05) is 23.4 Å². The molecule has 0 spiro atoms. The van der Waals surface area contributed by atoms with E-state index in [1.165, 1.54) is 23.2 Å². The minimum atomic E-state index is -1.98. The molecule has 1 saturated heterocycles. The number of nitrogens with zero attached hydrogens (tertiary/aromatic N) is 7. The van der Waals surface area contributed by atoms with Crippen LogP contribution in [0.15, 0.2) is 49.1 Å². The van der Waals surface area contributed by atoms with Crippen molar-refractivity contribution in [2.24, 2.45) is 0 Å². The lowest BCUT2D eigenvalue weighted by molar-refractivity contribution is -0.129. The number of halogens is 2. The number of hydrogen-bond donors (Lipinski definition) is 1. The van der Waals surface area contributed by atoms with Crippen LogP contribution in [0.1, 0.15) is 76.0 Å². The third-order valence-corrected chi connectivity index (χ3v) is 14.7. The summed E-state index contributed by atoms with van der Waals surface area (Å²) in [5.74, 6) is -0.0479. The Bertz CT molecular complexity index is 1810. The molecule has 3 aromatic heterocycles. The van der Waals surface area contributed by atoms with E-state index in [2.05, 4.69) is 60.4 Å². The largest absolute Gasteiger partial charge is 0.406 e. The molecule has 2 aliphatic heterocycles. The number of H-pyrrole nitrogens is 1. The molecule has 4 aromatic rings. The molecule has 13 heteroatoms. The van der Waals surface area contributed by atoms with Gasteiger partial charge in [0.15, 0.2) is 14.1 Å². The first kappa shape index (κ1) is 29.9. The van der Waals surface area contributed by atoms with Crippen molar-refractivity contribution < 1.29 is 13.6 Å². The topological polar surface area (TPSA) is 115 Å². The second-order valence-electron chi connectivity index (χ2n) is 13.8. The summed E-state index contributed by atoms with van der Waals surface area (Å²) >= 11 is 6.17. The maximum Gasteiger partial charge on any atom is 0.247 e. The number of rotatable bonds is 7. The maximum absolute atomic E-state index is 15.4. The van der Waals surface area contributed by atoms with E-state index in [0.717, 1.165) is 48.5 Å². The number of carbonyl (C=O) groups is 1. The molecule has 45 heavy (non-hydrogen) atoms. The van der Waals surface area contributed by atoms with Crippen LogP contribution in [0.2, 0.25) is 23.2 Å². The number of nitrogens with one attached hydrogen (secondary N) is 1. The molecule has 1 unspecified atom stereocenters. The van der Waals surface area contributed by atoms with Gasteiger partial charge in [-0.05, 0) is 90.5 Å². The molecule has 7 rings (SSSR count). The van der Waals surface area contributed by atoms with Gasteiger partial charge in [0, 0.05) is 29.4 Å². The van der Waals surface area contributed by atoms with Gasteiger partial charge in [-0.2, -0.15) is 4.68 Å². The highest BCUT2D eigenvalue weighted by molar-refractivity contribution is 6.74. The molecule has 10 nitrogen and oxygen atoms in total. The highest BCUT2D eigenvalue weighted by atomic mass is 35.5. The van der Waals surface area contributed by atoms with Crippen molar-refractivity contribution in [2.75, 3.05) is 0 Å².